The number of carbonyl (C=O) groups is 1. The molecule has 1 heterocycles. The number of aromatic nitrogens is 1. The van der Waals surface area contributed by atoms with Crippen LogP contribution in [-0.2, 0) is 9.47 Å². The second-order valence-corrected chi connectivity index (χ2v) is 9.24. The second kappa shape index (κ2) is 9.97. The number of fused-ring (bicyclic) bond motifs is 1. The number of nitro benzene ring substituents is 1. The molecule has 1 N–H and O–H groups in total. The summed E-state index contributed by atoms with van der Waals surface area (Å²) >= 11 is 1.36. The van der Waals surface area contributed by atoms with Gasteiger partial charge in [0.05, 0.1) is 20.8 Å². The summed E-state index contributed by atoms with van der Waals surface area (Å²) in [4.78, 5) is 27.6. The lowest BCUT2D eigenvalue weighted by Crippen LogP contribution is -2.27. The monoisotopic (exact) mass is 471 g/mol. The molecule has 3 rings (SSSR count). The van der Waals surface area contributed by atoms with E-state index in [1.165, 1.54) is 18.4 Å². The van der Waals surface area contributed by atoms with Crippen LogP contribution in [0, 0.1) is 17.0 Å². The van der Waals surface area contributed by atoms with Gasteiger partial charge in [-0.25, -0.2) is 9.78 Å². The first-order valence-corrected chi connectivity index (χ1v) is 10.9. The fourth-order valence-corrected chi connectivity index (χ4v) is 3.82. The number of thiazole rings is 1. The lowest BCUT2D eigenvalue weighted by atomic mass is 10.1. The molecule has 0 aliphatic heterocycles. The largest absolute Gasteiger partial charge is 0.465 e. The maximum atomic E-state index is 12.3. The molecule has 0 radical (unpaired) electrons. The summed E-state index contributed by atoms with van der Waals surface area (Å²) < 4.78 is 16.6. The van der Waals surface area contributed by atoms with Crippen LogP contribution in [0.3, 0.4) is 0 Å². The second-order valence-electron chi connectivity index (χ2n) is 8.18. The number of nitrogens with one attached hydrogen (secondary N) is 1. The normalized spacial score (nSPS) is 11.7. The molecule has 10 heteroatoms. The smallest absolute Gasteiger partial charge is 0.412 e. The third kappa shape index (κ3) is 6.50. The summed E-state index contributed by atoms with van der Waals surface area (Å²) in [5, 5.41) is 14.6. The van der Waals surface area contributed by atoms with Gasteiger partial charge in [-0.15, -0.1) is 11.3 Å². The van der Waals surface area contributed by atoms with Crippen LogP contribution < -0.4 is 10.1 Å². The Labute approximate surface area is 195 Å². The minimum absolute atomic E-state index is 0.0233. The Morgan fingerprint density at radius 1 is 1.24 bits per heavy atom. The van der Waals surface area contributed by atoms with E-state index in [0.717, 1.165) is 10.3 Å². The molecule has 0 spiro atoms. The Hall–Kier alpha value is -3.50. The van der Waals surface area contributed by atoms with Gasteiger partial charge in [-0.2, -0.15) is 0 Å². The first-order chi connectivity index (χ1) is 15.6. The van der Waals surface area contributed by atoms with E-state index in [1.54, 1.807) is 52.0 Å². The number of anilines is 1. The van der Waals surface area contributed by atoms with Gasteiger partial charge >= 0.3 is 6.09 Å². The maximum absolute atomic E-state index is 12.3. The molecule has 0 saturated carbocycles. The summed E-state index contributed by atoms with van der Waals surface area (Å²) in [6.45, 7) is 7.06. The Kier molecular flexibility index (Phi) is 7.29. The molecule has 0 bridgehead atoms. The van der Waals surface area contributed by atoms with Crippen LogP contribution in [0.25, 0.3) is 22.4 Å². The molecule has 1 amide bonds. The number of methoxy groups -OCH3 is 1. The van der Waals surface area contributed by atoms with Crippen LogP contribution in [-0.4, -0.2) is 35.5 Å². The van der Waals surface area contributed by atoms with E-state index >= 15 is 0 Å². The van der Waals surface area contributed by atoms with E-state index in [9.17, 15) is 14.9 Å². The first kappa shape index (κ1) is 24.1. The molecule has 0 aliphatic carbocycles. The van der Waals surface area contributed by atoms with Crippen molar-refractivity contribution in [3.63, 3.8) is 0 Å². The highest BCUT2D eigenvalue weighted by Crippen LogP contribution is 2.31. The quantitative estimate of drug-likeness (QED) is 0.255. The van der Waals surface area contributed by atoms with Crippen molar-refractivity contribution in [3.05, 3.63) is 56.6 Å². The summed E-state index contributed by atoms with van der Waals surface area (Å²) in [7, 11) is 1.51. The molecule has 0 aliphatic rings. The fourth-order valence-electron chi connectivity index (χ4n) is 2.93. The number of rotatable bonds is 7. The van der Waals surface area contributed by atoms with Crippen molar-refractivity contribution in [1.82, 2.24) is 4.98 Å². The molecule has 2 aromatic carbocycles. The number of nitro groups is 1. The average Bonchev–Trinajstić information content (AvgIpc) is 3.11. The zero-order valence-electron chi connectivity index (χ0n) is 19.0. The first-order valence-electron chi connectivity index (χ1n) is 10.0. The van der Waals surface area contributed by atoms with Gasteiger partial charge < -0.3 is 14.2 Å². The molecule has 3 aromatic rings. The minimum Gasteiger partial charge on any atom is -0.465 e. The van der Waals surface area contributed by atoms with Crippen molar-refractivity contribution in [2.45, 2.75) is 33.3 Å². The summed E-state index contributed by atoms with van der Waals surface area (Å²) in [6, 6.07) is 8.55. The van der Waals surface area contributed by atoms with E-state index in [-0.39, 0.29) is 12.5 Å². The topological polar surface area (TPSA) is 113 Å². The highest BCUT2D eigenvalue weighted by atomic mass is 32.1. The number of nitrogens with zero attached hydrogens (tertiary/aromatic N) is 2. The number of amides is 1. The lowest BCUT2D eigenvalue weighted by Gasteiger charge is -2.20. The van der Waals surface area contributed by atoms with E-state index in [1.807, 2.05) is 18.2 Å². The summed E-state index contributed by atoms with van der Waals surface area (Å²) in [5.41, 5.74) is 1.92. The predicted octanol–water partition coefficient (Wildman–Crippen LogP) is 6.01. The van der Waals surface area contributed by atoms with Crippen molar-refractivity contribution in [2.75, 3.05) is 19.2 Å². The van der Waals surface area contributed by atoms with E-state index in [2.05, 4.69) is 10.3 Å². The SMILES string of the molecule is COCOc1ccc(/C=C/c2nc3cc(C)c([N+](=O)[O-])cc3s2)cc1NC(=O)OC(C)(C)C. The van der Waals surface area contributed by atoms with Gasteiger partial charge in [-0.05, 0) is 57.5 Å². The summed E-state index contributed by atoms with van der Waals surface area (Å²) in [5.74, 6) is 0.433. The Morgan fingerprint density at radius 2 is 2.00 bits per heavy atom. The highest BCUT2D eigenvalue weighted by molar-refractivity contribution is 7.19. The van der Waals surface area contributed by atoms with Crippen LogP contribution >= 0.6 is 11.3 Å². The van der Waals surface area contributed by atoms with Gasteiger partial charge in [0.1, 0.15) is 16.4 Å². The van der Waals surface area contributed by atoms with Crippen LogP contribution in [0.5, 0.6) is 5.75 Å². The average molecular weight is 472 g/mol. The minimum atomic E-state index is -0.643. The van der Waals surface area contributed by atoms with Crippen LogP contribution in [0.15, 0.2) is 30.3 Å². The standard InChI is InChI=1S/C23H25N3O6S/c1-14-10-17-20(12-18(14)26(28)29)33-21(24-17)9-7-15-6-8-19(31-13-30-5)16(11-15)25-22(27)32-23(2,3)4/h6-12H,13H2,1-5H3,(H,25,27)/b9-7+. The Balaban J connectivity index is 1.86. The van der Waals surface area contributed by atoms with Gasteiger partial charge in [-0.1, -0.05) is 12.1 Å². The number of hydrogen-bond donors (Lipinski definition) is 1. The van der Waals surface area contributed by atoms with Gasteiger partial charge in [0, 0.05) is 18.7 Å². The van der Waals surface area contributed by atoms with Gasteiger partial charge in [0.15, 0.2) is 6.79 Å². The third-order valence-electron chi connectivity index (χ3n) is 4.31. The number of carbonyl (C=O) groups excluding carboxylic acids is 1. The number of benzene rings is 2. The summed E-state index contributed by atoms with van der Waals surface area (Å²) in [6.07, 6.45) is 3.04. The van der Waals surface area contributed by atoms with Gasteiger partial charge in [0.2, 0.25) is 0 Å². The molecule has 0 atom stereocenters. The van der Waals surface area contributed by atoms with Crippen LogP contribution in [0.1, 0.15) is 36.9 Å². The Bertz CT molecular complexity index is 1210. The van der Waals surface area contributed by atoms with Gasteiger partial charge in [0.25, 0.3) is 5.69 Å². The van der Waals surface area contributed by atoms with Crippen molar-refractivity contribution >= 4 is 51.2 Å². The number of aryl methyl sites for hydroxylation is 1. The molecule has 0 unspecified atom stereocenters. The molecule has 33 heavy (non-hydrogen) atoms. The Morgan fingerprint density at radius 3 is 2.67 bits per heavy atom. The van der Waals surface area contributed by atoms with Crippen molar-refractivity contribution in [3.8, 4) is 5.75 Å². The zero-order valence-corrected chi connectivity index (χ0v) is 19.8. The lowest BCUT2D eigenvalue weighted by molar-refractivity contribution is -0.385. The molecule has 0 fully saturated rings. The van der Waals surface area contributed by atoms with Crippen molar-refractivity contribution < 1.29 is 23.9 Å². The molecule has 174 valence electrons. The molecular weight excluding hydrogens is 446 g/mol. The number of hydrogen-bond acceptors (Lipinski definition) is 8. The highest BCUT2D eigenvalue weighted by Gasteiger charge is 2.18. The molecule has 1 aromatic heterocycles. The molecule has 0 saturated heterocycles. The van der Waals surface area contributed by atoms with Crippen molar-refractivity contribution in [2.24, 2.45) is 0 Å². The third-order valence-corrected chi connectivity index (χ3v) is 5.29. The number of ether oxygens (including phenoxy) is 3. The van der Waals surface area contributed by atoms with Crippen molar-refractivity contribution in [1.29, 1.82) is 0 Å². The van der Waals surface area contributed by atoms with E-state index < -0.39 is 16.6 Å². The van der Waals surface area contributed by atoms with E-state index in [4.69, 9.17) is 14.2 Å². The van der Waals surface area contributed by atoms with Crippen LogP contribution in [0.4, 0.5) is 16.2 Å². The predicted molar refractivity (Wildman–Crippen MR) is 129 cm³/mol. The molecule has 9 nitrogen and oxygen atoms in total. The van der Waals surface area contributed by atoms with Gasteiger partial charge in [-0.3, -0.25) is 15.4 Å². The molecular formula is C23H25N3O6S. The van der Waals surface area contributed by atoms with E-state index in [0.29, 0.717) is 27.5 Å². The fraction of sp³-hybridized carbons (Fsp3) is 0.304. The van der Waals surface area contributed by atoms with Crippen LogP contribution in [0.2, 0.25) is 0 Å². The maximum Gasteiger partial charge on any atom is 0.412 e. The zero-order chi connectivity index (χ0) is 24.2.